The van der Waals surface area contributed by atoms with E-state index in [2.05, 4.69) is 67.3 Å². The number of benzene rings is 2. The molecule has 30 heavy (non-hydrogen) atoms. The molecule has 1 atom stereocenters. The zero-order chi connectivity index (χ0) is 21.2. The molecule has 0 aliphatic heterocycles. The average Bonchev–Trinajstić information content (AvgIpc) is 2.82. The smallest absolute Gasteiger partial charge is 0.119 e. The van der Waals surface area contributed by atoms with Gasteiger partial charge in [0.1, 0.15) is 18.1 Å². The van der Waals surface area contributed by atoms with Crippen LogP contribution in [0.25, 0.3) is 0 Å². The van der Waals surface area contributed by atoms with E-state index < -0.39 is 0 Å². The first kappa shape index (κ1) is 22.7. The summed E-state index contributed by atoms with van der Waals surface area (Å²) in [6.07, 6.45) is 7.93. The van der Waals surface area contributed by atoms with Crippen LogP contribution in [0, 0.1) is 5.92 Å². The Bertz CT molecular complexity index is 716. The summed E-state index contributed by atoms with van der Waals surface area (Å²) in [6.45, 7) is 8.29. The fourth-order valence-electron chi connectivity index (χ4n) is 4.75. The Morgan fingerprint density at radius 1 is 0.867 bits per heavy atom. The van der Waals surface area contributed by atoms with Crippen molar-refractivity contribution in [1.82, 2.24) is 4.90 Å². The quantitative estimate of drug-likeness (QED) is 0.433. The summed E-state index contributed by atoms with van der Waals surface area (Å²) in [6, 6.07) is 17.5. The first-order valence-electron chi connectivity index (χ1n) is 11.8. The molecule has 1 unspecified atom stereocenters. The lowest BCUT2D eigenvalue weighted by Crippen LogP contribution is -2.27. The third kappa shape index (κ3) is 6.50. The van der Waals surface area contributed by atoms with Crippen LogP contribution in [0.15, 0.2) is 48.5 Å². The van der Waals surface area contributed by atoms with Crippen LogP contribution in [0.1, 0.15) is 63.0 Å². The van der Waals surface area contributed by atoms with E-state index in [9.17, 15) is 0 Å². The van der Waals surface area contributed by atoms with Gasteiger partial charge in [0.25, 0.3) is 0 Å². The molecular formula is C27H39NO2. The van der Waals surface area contributed by atoms with E-state index in [-0.39, 0.29) is 0 Å². The third-order valence-corrected chi connectivity index (χ3v) is 6.71. The van der Waals surface area contributed by atoms with Gasteiger partial charge in [-0.05, 0) is 79.6 Å². The van der Waals surface area contributed by atoms with Gasteiger partial charge < -0.3 is 14.4 Å². The number of hydrogen-bond donors (Lipinski definition) is 0. The largest absolute Gasteiger partial charge is 0.497 e. The molecule has 3 rings (SSSR count). The molecule has 0 saturated heterocycles. The van der Waals surface area contributed by atoms with Crippen molar-refractivity contribution >= 4 is 0 Å². The molecule has 3 nitrogen and oxygen atoms in total. The van der Waals surface area contributed by atoms with Gasteiger partial charge in [-0.1, -0.05) is 57.4 Å². The Hall–Kier alpha value is -2.00. The molecule has 0 radical (unpaired) electrons. The van der Waals surface area contributed by atoms with Gasteiger partial charge in [-0.15, -0.1) is 0 Å². The minimum Gasteiger partial charge on any atom is -0.497 e. The van der Waals surface area contributed by atoms with E-state index in [1.54, 1.807) is 7.11 Å². The minimum absolute atomic E-state index is 0.573. The van der Waals surface area contributed by atoms with Gasteiger partial charge in [-0.25, -0.2) is 0 Å². The Morgan fingerprint density at radius 2 is 1.50 bits per heavy atom. The van der Waals surface area contributed by atoms with E-state index in [0.29, 0.717) is 5.92 Å². The van der Waals surface area contributed by atoms with Gasteiger partial charge in [-0.3, -0.25) is 0 Å². The SMILES string of the molecule is CCN(CC)CCOc1ccc(C(Cc2ccc(OC)cc2)C2CCCCC2)cc1. The molecule has 0 N–H and O–H groups in total. The molecule has 2 aromatic rings. The second-order valence-corrected chi connectivity index (χ2v) is 8.50. The zero-order valence-electron chi connectivity index (χ0n) is 19.1. The third-order valence-electron chi connectivity index (χ3n) is 6.71. The van der Waals surface area contributed by atoms with Crippen molar-refractivity contribution in [2.24, 2.45) is 5.92 Å². The van der Waals surface area contributed by atoms with Crippen LogP contribution in [0.3, 0.4) is 0 Å². The Labute approximate surface area is 183 Å². The normalized spacial score (nSPS) is 15.9. The maximum absolute atomic E-state index is 6.01. The average molecular weight is 410 g/mol. The standard InChI is InChI=1S/C27H39NO2/c1-4-28(5-2)19-20-30-26-17-13-24(14-18-26)27(23-9-7-6-8-10-23)21-22-11-15-25(29-3)16-12-22/h11-18,23,27H,4-10,19-21H2,1-3H3. The van der Waals surface area contributed by atoms with Gasteiger partial charge in [0, 0.05) is 6.54 Å². The second-order valence-electron chi connectivity index (χ2n) is 8.50. The number of hydrogen-bond acceptors (Lipinski definition) is 3. The second kappa shape index (κ2) is 12.0. The van der Waals surface area contributed by atoms with Gasteiger partial charge in [-0.2, -0.15) is 0 Å². The van der Waals surface area contributed by atoms with Crippen molar-refractivity contribution in [3.05, 3.63) is 59.7 Å². The van der Waals surface area contributed by atoms with Crippen LogP contribution < -0.4 is 9.47 Å². The van der Waals surface area contributed by atoms with Crippen LogP contribution in [-0.2, 0) is 6.42 Å². The number of methoxy groups -OCH3 is 1. The molecule has 0 spiro atoms. The van der Waals surface area contributed by atoms with Gasteiger partial charge in [0.15, 0.2) is 0 Å². The summed E-state index contributed by atoms with van der Waals surface area (Å²) < 4.78 is 11.3. The van der Waals surface area contributed by atoms with Crippen molar-refractivity contribution in [3.8, 4) is 11.5 Å². The fourth-order valence-corrected chi connectivity index (χ4v) is 4.75. The lowest BCUT2D eigenvalue weighted by Gasteiger charge is -2.31. The van der Waals surface area contributed by atoms with Crippen molar-refractivity contribution in [2.75, 3.05) is 33.4 Å². The topological polar surface area (TPSA) is 21.7 Å². The highest BCUT2D eigenvalue weighted by Gasteiger charge is 2.25. The maximum Gasteiger partial charge on any atom is 0.119 e. The Kier molecular flexibility index (Phi) is 9.07. The van der Waals surface area contributed by atoms with E-state index in [4.69, 9.17) is 9.47 Å². The molecule has 1 aliphatic rings. The number of likely N-dealkylation sites (N-methyl/N-ethyl adjacent to an activating group) is 1. The first-order chi connectivity index (χ1) is 14.7. The zero-order valence-corrected chi connectivity index (χ0v) is 19.1. The Balaban J connectivity index is 1.67. The maximum atomic E-state index is 6.01. The highest BCUT2D eigenvalue weighted by atomic mass is 16.5. The molecule has 164 valence electrons. The lowest BCUT2D eigenvalue weighted by molar-refractivity contribution is 0.222. The lowest BCUT2D eigenvalue weighted by atomic mass is 9.74. The summed E-state index contributed by atoms with van der Waals surface area (Å²) in [5.41, 5.74) is 2.85. The first-order valence-corrected chi connectivity index (χ1v) is 11.8. The summed E-state index contributed by atoms with van der Waals surface area (Å²) >= 11 is 0. The molecule has 0 bridgehead atoms. The molecule has 0 aromatic heterocycles. The molecule has 0 heterocycles. The molecule has 3 heteroatoms. The highest BCUT2D eigenvalue weighted by Crippen LogP contribution is 2.38. The molecular weight excluding hydrogens is 370 g/mol. The van der Waals surface area contributed by atoms with E-state index in [0.717, 1.165) is 50.1 Å². The van der Waals surface area contributed by atoms with Crippen molar-refractivity contribution in [2.45, 2.75) is 58.3 Å². The van der Waals surface area contributed by atoms with Crippen LogP contribution in [-0.4, -0.2) is 38.3 Å². The molecule has 0 amide bonds. The predicted molar refractivity (Wildman–Crippen MR) is 126 cm³/mol. The van der Waals surface area contributed by atoms with Crippen LogP contribution in [0.4, 0.5) is 0 Å². The van der Waals surface area contributed by atoms with Crippen LogP contribution >= 0.6 is 0 Å². The van der Waals surface area contributed by atoms with Crippen molar-refractivity contribution in [3.63, 3.8) is 0 Å². The van der Waals surface area contributed by atoms with E-state index in [1.165, 1.54) is 43.2 Å². The number of ether oxygens (including phenoxy) is 2. The number of rotatable bonds is 11. The van der Waals surface area contributed by atoms with Gasteiger partial charge in [0.2, 0.25) is 0 Å². The van der Waals surface area contributed by atoms with Gasteiger partial charge in [0.05, 0.1) is 7.11 Å². The van der Waals surface area contributed by atoms with Gasteiger partial charge >= 0.3 is 0 Å². The summed E-state index contributed by atoms with van der Waals surface area (Å²) in [4.78, 5) is 2.39. The summed E-state index contributed by atoms with van der Waals surface area (Å²) in [5, 5.41) is 0. The minimum atomic E-state index is 0.573. The van der Waals surface area contributed by atoms with Crippen molar-refractivity contribution < 1.29 is 9.47 Å². The van der Waals surface area contributed by atoms with Crippen LogP contribution in [0.2, 0.25) is 0 Å². The van der Waals surface area contributed by atoms with Crippen LogP contribution in [0.5, 0.6) is 11.5 Å². The molecule has 2 aromatic carbocycles. The molecule has 1 saturated carbocycles. The number of nitrogens with zero attached hydrogens (tertiary/aromatic N) is 1. The monoisotopic (exact) mass is 409 g/mol. The molecule has 1 fully saturated rings. The highest BCUT2D eigenvalue weighted by molar-refractivity contribution is 5.33. The van der Waals surface area contributed by atoms with E-state index in [1.807, 2.05) is 0 Å². The molecule has 1 aliphatic carbocycles. The fraction of sp³-hybridized carbons (Fsp3) is 0.556. The predicted octanol–water partition coefficient (Wildman–Crippen LogP) is 6.32. The van der Waals surface area contributed by atoms with E-state index >= 15 is 0 Å². The summed E-state index contributed by atoms with van der Waals surface area (Å²) in [7, 11) is 1.73. The summed E-state index contributed by atoms with van der Waals surface area (Å²) in [5.74, 6) is 3.26. The van der Waals surface area contributed by atoms with Crippen molar-refractivity contribution in [1.29, 1.82) is 0 Å². The Morgan fingerprint density at radius 3 is 2.10 bits per heavy atom.